The molecule has 0 bridgehead atoms. The number of hydrogen-bond acceptors (Lipinski definition) is 6. The number of nitrogens with zero attached hydrogens (tertiary/aromatic N) is 3. The molecule has 3 heterocycles. The molecule has 0 fully saturated rings. The zero-order valence-electron chi connectivity index (χ0n) is 16.5. The molecule has 0 saturated carbocycles. The monoisotopic (exact) mass is 434 g/mol. The number of methoxy groups -OCH3 is 1. The Kier molecular flexibility index (Phi) is 4.59. The average Bonchev–Trinajstić information content (AvgIpc) is 3.37. The summed E-state index contributed by atoms with van der Waals surface area (Å²) >= 11 is 0. The van der Waals surface area contributed by atoms with E-state index in [9.17, 15) is 8.42 Å². The van der Waals surface area contributed by atoms with Crippen LogP contribution >= 0.6 is 0 Å². The SMILES string of the molecule is COc1ccc(-c2cn3ccccc3n2)cc1NS(=O)(=O)Cc1noc2ccccc12. The van der Waals surface area contributed by atoms with Gasteiger partial charge in [0.25, 0.3) is 0 Å². The van der Waals surface area contributed by atoms with Gasteiger partial charge in [-0.15, -0.1) is 0 Å². The van der Waals surface area contributed by atoms with Crippen LogP contribution in [0.2, 0.25) is 0 Å². The van der Waals surface area contributed by atoms with E-state index in [4.69, 9.17) is 9.26 Å². The molecular weight excluding hydrogens is 416 g/mol. The quantitative estimate of drug-likeness (QED) is 0.432. The maximum Gasteiger partial charge on any atom is 0.238 e. The molecule has 0 saturated heterocycles. The van der Waals surface area contributed by atoms with Gasteiger partial charge in [-0.05, 0) is 42.5 Å². The van der Waals surface area contributed by atoms with E-state index < -0.39 is 10.0 Å². The summed E-state index contributed by atoms with van der Waals surface area (Å²) in [6.07, 6.45) is 3.79. The van der Waals surface area contributed by atoms with Gasteiger partial charge in [-0.3, -0.25) is 4.72 Å². The van der Waals surface area contributed by atoms with Crippen LogP contribution in [0.1, 0.15) is 5.69 Å². The van der Waals surface area contributed by atoms with E-state index >= 15 is 0 Å². The van der Waals surface area contributed by atoms with Gasteiger partial charge in [0.2, 0.25) is 10.0 Å². The highest BCUT2D eigenvalue weighted by Gasteiger charge is 2.20. The Hall–Kier alpha value is -3.85. The zero-order valence-corrected chi connectivity index (χ0v) is 17.3. The minimum atomic E-state index is -3.78. The lowest BCUT2D eigenvalue weighted by molar-refractivity contribution is 0.417. The Morgan fingerprint density at radius 3 is 2.77 bits per heavy atom. The second kappa shape index (κ2) is 7.44. The second-order valence-corrected chi connectivity index (χ2v) is 8.72. The minimum absolute atomic E-state index is 0.324. The van der Waals surface area contributed by atoms with Gasteiger partial charge < -0.3 is 13.7 Å². The summed E-state index contributed by atoms with van der Waals surface area (Å²) < 4.78 is 40.9. The predicted octanol–water partition coefficient (Wildman–Crippen LogP) is 4.09. The molecule has 31 heavy (non-hydrogen) atoms. The van der Waals surface area contributed by atoms with Crippen molar-refractivity contribution in [2.45, 2.75) is 5.75 Å². The average molecular weight is 434 g/mol. The van der Waals surface area contributed by atoms with Crippen LogP contribution in [0.15, 0.2) is 77.6 Å². The molecule has 5 aromatic rings. The van der Waals surface area contributed by atoms with Crippen LogP contribution in [0.3, 0.4) is 0 Å². The number of aromatic nitrogens is 3. The van der Waals surface area contributed by atoms with Gasteiger partial charge in [-0.1, -0.05) is 23.4 Å². The summed E-state index contributed by atoms with van der Waals surface area (Å²) in [5, 5.41) is 4.58. The smallest absolute Gasteiger partial charge is 0.238 e. The van der Waals surface area contributed by atoms with Crippen LogP contribution in [0.25, 0.3) is 27.9 Å². The number of para-hydroxylation sites is 1. The van der Waals surface area contributed by atoms with Crippen molar-refractivity contribution in [1.82, 2.24) is 14.5 Å². The molecular formula is C22H18N4O4S. The van der Waals surface area contributed by atoms with Gasteiger partial charge >= 0.3 is 0 Å². The lowest BCUT2D eigenvalue weighted by Gasteiger charge is -2.12. The number of anilines is 1. The van der Waals surface area contributed by atoms with Crippen molar-refractivity contribution in [2.24, 2.45) is 0 Å². The minimum Gasteiger partial charge on any atom is -0.495 e. The standard InChI is InChI=1S/C22H18N4O4S/c1-29-21-10-9-15(18-13-26-11-5-4-8-22(26)23-18)12-17(21)25-31(27,28)14-19-16-6-2-3-7-20(16)30-24-19/h2-13,25H,14H2,1H3. The third-order valence-corrected chi connectivity index (χ3v) is 6.09. The number of sulfonamides is 1. The molecule has 0 aliphatic heterocycles. The highest BCUT2D eigenvalue weighted by Crippen LogP contribution is 2.32. The summed E-state index contributed by atoms with van der Waals surface area (Å²) in [6, 6.07) is 18.1. The van der Waals surface area contributed by atoms with Crippen LogP contribution < -0.4 is 9.46 Å². The first-order valence-electron chi connectivity index (χ1n) is 9.48. The number of rotatable bonds is 6. The maximum atomic E-state index is 12.9. The number of imidazole rings is 1. The highest BCUT2D eigenvalue weighted by atomic mass is 32.2. The molecule has 0 atom stereocenters. The number of pyridine rings is 1. The second-order valence-electron chi connectivity index (χ2n) is 6.99. The molecule has 1 N–H and O–H groups in total. The van der Waals surface area contributed by atoms with Crippen LogP contribution in [-0.4, -0.2) is 30.1 Å². The summed E-state index contributed by atoms with van der Waals surface area (Å²) in [4.78, 5) is 4.59. The zero-order chi connectivity index (χ0) is 21.4. The normalized spacial score (nSPS) is 11.8. The van der Waals surface area contributed by atoms with Crippen molar-refractivity contribution >= 4 is 32.3 Å². The maximum absolute atomic E-state index is 12.9. The Morgan fingerprint density at radius 1 is 1.10 bits per heavy atom. The topological polar surface area (TPSA) is 98.7 Å². The molecule has 8 nitrogen and oxygen atoms in total. The van der Waals surface area contributed by atoms with Crippen molar-refractivity contribution in [3.05, 3.63) is 78.8 Å². The lowest BCUT2D eigenvalue weighted by atomic mass is 10.1. The molecule has 0 amide bonds. The van der Waals surface area contributed by atoms with E-state index in [0.29, 0.717) is 28.1 Å². The molecule has 0 unspecified atom stereocenters. The van der Waals surface area contributed by atoms with Crippen molar-refractivity contribution in [1.29, 1.82) is 0 Å². The molecule has 2 aromatic carbocycles. The third-order valence-electron chi connectivity index (χ3n) is 4.90. The summed E-state index contributed by atoms with van der Waals surface area (Å²) in [5.41, 5.74) is 3.49. The Balaban J connectivity index is 1.48. The molecule has 9 heteroatoms. The molecule has 0 spiro atoms. The largest absolute Gasteiger partial charge is 0.495 e. The summed E-state index contributed by atoms with van der Waals surface area (Å²) in [7, 11) is -2.29. The first-order valence-corrected chi connectivity index (χ1v) is 11.1. The third kappa shape index (κ3) is 3.71. The van der Waals surface area contributed by atoms with Gasteiger partial charge in [0.15, 0.2) is 5.58 Å². The van der Waals surface area contributed by atoms with Crippen molar-refractivity contribution in [3.63, 3.8) is 0 Å². The molecule has 0 aliphatic carbocycles. The number of hydrogen-bond donors (Lipinski definition) is 1. The van der Waals surface area contributed by atoms with Crippen LogP contribution in [-0.2, 0) is 15.8 Å². The van der Waals surface area contributed by atoms with E-state index in [0.717, 1.165) is 16.9 Å². The van der Waals surface area contributed by atoms with Crippen molar-refractivity contribution in [3.8, 4) is 17.0 Å². The molecule has 0 aliphatic rings. The molecule has 3 aromatic heterocycles. The van der Waals surface area contributed by atoms with Crippen LogP contribution in [0.5, 0.6) is 5.75 Å². The Morgan fingerprint density at radius 2 is 1.94 bits per heavy atom. The number of fused-ring (bicyclic) bond motifs is 2. The summed E-state index contributed by atoms with van der Waals surface area (Å²) in [6.45, 7) is 0. The fourth-order valence-electron chi connectivity index (χ4n) is 3.45. The van der Waals surface area contributed by atoms with E-state index in [2.05, 4.69) is 14.9 Å². The van der Waals surface area contributed by atoms with Gasteiger partial charge in [0, 0.05) is 23.3 Å². The van der Waals surface area contributed by atoms with Gasteiger partial charge in [-0.25, -0.2) is 13.4 Å². The predicted molar refractivity (Wildman–Crippen MR) is 117 cm³/mol. The Bertz CT molecular complexity index is 1470. The number of nitrogens with one attached hydrogen (secondary N) is 1. The van der Waals surface area contributed by atoms with Crippen molar-refractivity contribution < 1.29 is 17.7 Å². The number of benzene rings is 2. The summed E-state index contributed by atoms with van der Waals surface area (Å²) in [5.74, 6) is 0.0762. The van der Waals surface area contributed by atoms with E-state index in [-0.39, 0.29) is 5.75 Å². The van der Waals surface area contributed by atoms with E-state index in [1.54, 1.807) is 30.3 Å². The highest BCUT2D eigenvalue weighted by molar-refractivity contribution is 7.91. The van der Waals surface area contributed by atoms with Crippen LogP contribution in [0, 0.1) is 0 Å². The first kappa shape index (κ1) is 19.1. The lowest BCUT2D eigenvalue weighted by Crippen LogP contribution is -2.16. The molecule has 5 rings (SSSR count). The van der Waals surface area contributed by atoms with Gasteiger partial charge in [-0.2, -0.15) is 0 Å². The van der Waals surface area contributed by atoms with E-state index in [1.807, 2.05) is 47.1 Å². The van der Waals surface area contributed by atoms with Gasteiger partial charge in [0.1, 0.15) is 22.8 Å². The van der Waals surface area contributed by atoms with E-state index in [1.165, 1.54) is 7.11 Å². The van der Waals surface area contributed by atoms with Gasteiger partial charge in [0.05, 0.1) is 18.5 Å². The Labute approximate surface area is 178 Å². The first-order chi connectivity index (χ1) is 15.0. The molecule has 0 radical (unpaired) electrons. The fourth-order valence-corrected chi connectivity index (χ4v) is 4.58. The van der Waals surface area contributed by atoms with Crippen LogP contribution in [0.4, 0.5) is 5.69 Å². The number of ether oxygens (including phenoxy) is 1. The molecule has 156 valence electrons. The van der Waals surface area contributed by atoms with Crippen molar-refractivity contribution in [2.75, 3.05) is 11.8 Å². The fraction of sp³-hybridized carbons (Fsp3) is 0.0909.